The van der Waals surface area contributed by atoms with Crippen LogP contribution in [0.4, 0.5) is 0 Å². The van der Waals surface area contributed by atoms with Crippen molar-refractivity contribution in [3.8, 4) is 11.6 Å². The highest BCUT2D eigenvalue weighted by molar-refractivity contribution is 6.31. The maximum absolute atomic E-state index is 5.95. The number of nitrogens with zero attached hydrogens (tertiary/aromatic N) is 1. The van der Waals surface area contributed by atoms with Crippen molar-refractivity contribution in [3.63, 3.8) is 0 Å². The average Bonchev–Trinajstić information content (AvgIpc) is 2.42. The van der Waals surface area contributed by atoms with Crippen LogP contribution in [0.15, 0.2) is 36.4 Å². The number of nitrogens with two attached hydrogens (primary N) is 1. The van der Waals surface area contributed by atoms with E-state index in [1.54, 1.807) is 19.2 Å². The van der Waals surface area contributed by atoms with E-state index in [1.165, 1.54) is 0 Å². The second-order valence-electron chi connectivity index (χ2n) is 3.96. The third-order valence-corrected chi connectivity index (χ3v) is 2.86. The van der Waals surface area contributed by atoms with E-state index in [2.05, 4.69) is 4.98 Å². The van der Waals surface area contributed by atoms with Crippen LogP contribution in [-0.4, -0.2) is 12.1 Å². The van der Waals surface area contributed by atoms with Crippen molar-refractivity contribution in [2.45, 2.75) is 13.2 Å². The van der Waals surface area contributed by atoms with Crippen LogP contribution < -0.4 is 10.5 Å². The van der Waals surface area contributed by atoms with Gasteiger partial charge in [-0.25, -0.2) is 4.98 Å². The number of hydrogen-bond donors (Lipinski definition) is 1. The predicted molar refractivity (Wildman–Crippen MR) is 74.4 cm³/mol. The van der Waals surface area contributed by atoms with Crippen molar-refractivity contribution in [1.82, 2.24) is 4.98 Å². The Balaban J connectivity index is 2.18. The zero-order chi connectivity index (χ0) is 13.7. The third-order valence-electron chi connectivity index (χ3n) is 2.52. The molecule has 1 aromatic heterocycles. The number of rotatable bonds is 5. The SMILES string of the molecule is COCc1cccc(Oc2ccc(Cl)c(CN)n2)c1. The van der Waals surface area contributed by atoms with Gasteiger partial charge in [-0.05, 0) is 23.8 Å². The normalized spacial score (nSPS) is 10.5. The van der Waals surface area contributed by atoms with Gasteiger partial charge in [0.15, 0.2) is 0 Å². The van der Waals surface area contributed by atoms with E-state index >= 15 is 0 Å². The van der Waals surface area contributed by atoms with Gasteiger partial charge in [0.1, 0.15) is 5.75 Å². The first-order valence-electron chi connectivity index (χ1n) is 5.84. The number of hydrogen-bond acceptors (Lipinski definition) is 4. The summed E-state index contributed by atoms with van der Waals surface area (Å²) in [6.07, 6.45) is 0. The van der Waals surface area contributed by atoms with Crippen LogP contribution in [0, 0.1) is 0 Å². The number of benzene rings is 1. The Labute approximate surface area is 117 Å². The lowest BCUT2D eigenvalue weighted by molar-refractivity contribution is 0.184. The van der Waals surface area contributed by atoms with Crippen molar-refractivity contribution in [2.24, 2.45) is 5.73 Å². The molecule has 0 aliphatic rings. The Bertz CT molecular complexity index is 561. The van der Waals surface area contributed by atoms with Gasteiger partial charge in [0.25, 0.3) is 0 Å². The molecule has 5 heteroatoms. The van der Waals surface area contributed by atoms with Crippen LogP contribution in [0.3, 0.4) is 0 Å². The number of ether oxygens (including phenoxy) is 2. The van der Waals surface area contributed by atoms with Gasteiger partial charge in [-0.2, -0.15) is 0 Å². The van der Waals surface area contributed by atoms with Gasteiger partial charge in [0.05, 0.1) is 17.3 Å². The minimum absolute atomic E-state index is 0.278. The zero-order valence-electron chi connectivity index (χ0n) is 10.6. The fraction of sp³-hybridized carbons (Fsp3) is 0.214. The summed E-state index contributed by atoms with van der Waals surface area (Å²) in [5.74, 6) is 1.17. The highest BCUT2D eigenvalue weighted by atomic mass is 35.5. The summed E-state index contributed by atoms with van der Waals surface area (Å²) in [6.45, 7) is 0.818. The lowest BCUT2D eigenvalue weighted by Crippen LogP contribution is -2.01. The van der Waals surface area contributed by atoms with Crippen LogP contribution in [0.5, 0.6) is 11.6 Å². The summed E-state index contributed by atoms with van der Waals surface area (Å²) < 4.78 is 10.8. The molecule has 0 radical (unpaired) electrons. The van der Waals surface area contributed by atoms with E-state index in [9.17, 15) is 0 Å². The number of halogens is 1. The van der Waals surface area contributed by atoms with E-state index < -0.39 is 0 Å². The minimum atomic E-state index is 0.278. The molecule has 0 spiro atoms. The Morgan fingerprint density at radius 2 is 2.11 bits per heavy atom. The van der Waals surface area contributed by atoms with E-state index in [4.69, 9.17) is 26.8 Å². The Morgan fingerprint density at radius 1 is 1.26 bits per heavy atom. The van der Waals surface area contributed by atoms with Crippen molar-refractivity contribution in [1.29, 1.82) is 0 Å². The predicted octanol–water partition coefficient (Wildman–Crippen LogP) is 3.13. The number of aromatic nitrogens is 1. The summed E-state index contributed by atoms with van der Waals surface area (Å²) >= 11 is 5.95. The summed E-state index contributed by atoms with van der Waals surface area (Å²) in [5, 5.41) is 0.544. The van der Waals surface area contributed by atoms with Gasteiger partial charge in [0.2, 0.25) is 5.88 Å². The van der Waals surface area contributed by atoms with Crippen molar-refractivity contribution in [2.75, 3.05) is 7.11 Å². The topological polar surface area (TPSA) is 57.4 Å². The molecular formula is C14H15ClN2O2. The number of pyridine rings is 1. The van der Waals surface area contributed by atoms with Crippen molar-refractivity contribution in [3.05, 3.63) is 52.7 Å². The van der Waals surface area contributed by atoms with Crippen LogP contribution in [0.25, 0.3) is 0 Å². The molecule has 1 aromatic carbocycles. The lowest BCUT2D eigenvalue weighted by Gasteiger charge is -2.08. The average molecular weight is 279 g/mol. The third kappa shape index (κ3) is 3.67. The first-order valence-corrected chi connectivity index (χ1v) is 6.22. The molecular weight excluding hydrogens is 264 g/mol. The largest absolute Gasteiger partial charge is 0.439 e. The molecule has 1 heterocycles. The van der Waals surface area contributed by atoms with Crippen LogP contribution in [0.2, 0.25) is 5.02 Å². The standard InChI is InChI=1S/C14H15ClN2O2/c1-18-9-10-3-2-4-11(7-10)19-14-6-5-12(15)13(8-16)17-14/h2-7H,8-9,16H2,1H3. The maximum atomic E-state index is 5.95. The first kappa shape index (κ1) is 13.8. The lowest BCUT2D eigenvalue weighted by atomic mass is 10.2. The molecule has 100 valence electrons. The van der Waals surface area contributed by atoms with Crippen LogP contribution in [-0.2, 0) is 17.9 Å². The molecule has 0 unspecified atom stereocenters. The van der Waals surface area contributed by atoms with Crippen LogP contribution in [0.1, 0.15) is 11.3 Å². The van der Waals surface area contributed by atoms with Crippen molar-refractivity contribution >= 4 is 11.6 Å². The Hall–Kier alpha value is -1.62. The van der Waals surface area contributed by atoms with E-state index in [1.807, 2.05) is 24.3 Å². The summed E-state index contributed by atoms with van der Waals surface area (Å²) in [6, 6.07) is 11.1. The van der Waals surface area contributed by atoms with Gasteiger partial charge >= 0.3 is 0 Å². The fourth-order valence-electron chi connectivity index (χ4n) is 1.65. The molecule has 2 rings (SSSR count). The molecule has 0 atom stereocenters. The van der Waals surface area contributed by atoms with Crippen molar-refractivity contribution < 1.29 is 9.47 Å². The Morgan fingerprint density at radius 3 is 2.84 bits per heavy atom. The minimum Gasteiger partial charge on any atom is -0.439 e. The van der Waals surface area contributed by atoms with Gasteiger partial charge < -0.3 is 15.2 Å². The monoisotopic (exact) mass is 278 g/mol. The van der Waals surface area contributed by atoms with Gasteiger partial charge in [0, 0.05) is 19.7 Å². The first-order chi connectivity index (χ1) is 9.22. The molecule has 0 amide bonds. The quantitative estimate of drug-likeness (QED) is 0.913. The molecule has 2 aromatic rings. The molecule has 19 heavy (non-hydrogen) atoms. The summed E-state index contributed by atoms with van der Waals surface area (Å²) in [5.41, 5.74) is 7.21. The second-order valence-corrected chi connectivity index (χ2v) is 4.37. The summed E-state index contributed by atoms with van der Waals surface area (Å²) in [7, 11) is 1.65. The molecule has 2 N–H and O–H groups in total. The van der Waals surface area contributed by atoms with Gasteiger partial charge in [-0.15, -0.1) is 0 Å². The molecule has 0 saturated heterocycles. The maximum Gasteiger partial charge on any atom is 0.219 e. The molecule has 0 bridgehead atoms. The molecule has 0 saturated carbocycles. The molecule has 0 aliphatic carbocycles. The van der Waals surface area contributed by atoms with E-state index in [-0.39, 0.29) is 6.54 Å². The second kappa shape index (κ2) is 6.52. The smallest absolute Gasteiger partial charge is 0.219 e. The van der Waals surface area contributed by atoms with Gasteiger partial charge in [-0.3, -0.25) is 0 Å². The highest BCUT2D eigenvalue weighted by Crippen LogP contribution is 2.23. The fourth-order valence-corrected chi connectivity index (χ4v) is 1.83. The molecule has 0 fully saturated rings. The Kier molecular flexibility index (Phi) is 4.74. The van der Waals surface area contributed by atoms with Gasteiger partial charge in [-0.1, -0.05) is 23.7 Å². The molecule has 4 nitrogen and oxygen atoms in total. The number of methoxy groups -OCH3 is 1. The highest BCUT2D eigenvalue weighted by Gasteiger charge is 2.05. The molecule has 0 aliphatic heterocycles. The summed E-state index contributed by atoms with van der Waals surface area (Å²) in [4.78, 5) is 4.25. The van der Waals surface area contributed by atoms with E-state index in [0.29, 0.717) is 29.0 Å². The zero-order valence-corrected chi connectivity index (χ0v) is 11.4. The van der Waals surface area contributed by atoms with Crippen LogP contribution >= 0.6 is 11.6 Å². The van der Waals surface area contributed by atoms with E-state index in [0.717, 1.165) is 5.56 Å².